The topological polar surface area (TPSA) is 6.48 Å². The van der Waals surface area contributed by atoms with Gasteiger partial charge in [-0.05, 0) is 77.8 Å². The van der Waals surface area contributed by atoms with Crippen molar-refractivity contribution >= 4 is 0 Å². The second kappa shape index (κ2) is 5.86. The van der Waals surface area contributed by atoms with Crippen LogP contribution in [0.25, 0.3) is 0 Å². The van der Waals surface area contributed by atoms with Crippen molar-refractivity contribution in [2.75, 3.05) is 40.3 Å². The fraction of sp³-hybridized carbons (Fsp3) is 1.00. The van der Waals surface area contributed by atoms with Crippen LogP contribution in [0.3, 0.4) is 0 Å². The van der Waals surface area contributed by atoms with Gasteiger partial charge < -0.3 is 9.80 Å². The van der Waals surface area contributed by atoms with Gasteiger partial charge in [-0.15, -0.1) is 0 Å². The van der Waals surface area contributed by atoms with Gasteiger partial charge in [-0.3, -0.25) is 0 Å². The lowest BCUT2D eigenvalue weighted by Crippen LogP contribution is -2.38. The maximum Gasteiger partial charge on any atom is -0.00190 e. The first-order valence-corrected chi connectivity index (χ1v) is 6.13. The first kappa shape index (κ1) is 13.0. The molecule has 0 bridgehead atoms. The van der Waals surface area contributed by atoms with Gasteiger partial charge in [0.25, 0.3) is 0 Å². The molecule has 0 amide bonds. The molecule has 0 aliphatic carbocycles. The van der Waals surface area contributed by atoms with E-state index < -0.39 is 0 Å². The molecule has 0 atom stereocenters. The number of hydrogen-bond donors (Lipinski definition) is 0. The van der Waals surface area contributed by atoms with Gasteiger partial charge in [0, 0.05) is 0 Å². The van der Waals surface area contributed by atoms with Crippen molar-refractivity contribution in [3.63, 3.8) is 0 Å². The van der Waals surface area contributed by atoms with Crippen LogP contribution in [-0.2, 0) is 0 Å². The Morgan fingerprint density at radius 1 is 0.667 bits per heavy atom. The molecule has 90 valence electrons. The molecule has 2 nitrogen and oxygen atoms in total. The molecule has 0 spiro atoms. The summed E-state index contributed by atoms with van der Waals surface area (Å²) >= 11 is 0. The summed E-state index contributed by atoms with van der Waals surface area (Å²) in [6, 6.07) is 0. The fourth-order valence-electron chi connectivity index (χ4n) is 3.00. The van der Waals surface area contributed by atoms with E-state index in [0.717, 1.165) is 11.8 Å². The molecule has 0 aromatic carbocycles. The van der Waals surface area contributed by atoms with Crippen molar-refractivity contribution < 1.29 is 0 Å². The van der Waals surface area contributed by atoms with Crippen molar-refractivity contribution in [2.45, 2.75) is 33.1 Å². The molecule has 2 heteroatoms. The largest absolute Gasteiger partial charge is 0.306 e. The van der Waals surface area contributed by atoms with Gasteiger partial charge in [0.2, 0.25) is 0 Å². The summed E-state index contributed by atoms with van der Waals surface area (Å²) in [5.74, 6) is 2.08. The molecule has 0 N–H and O–H groups in total. The normalized spacial score (nSPS) is 27.6. The van der Waals surface area contributed by atoms with E-state index in [9.17, 15) is 0 Å². The fourth-order valence-corrected chi connectivity index (χ4v) is 3.00. The maximum atomic E-state index is 2.48. The van der Waals surface area contributed by atoms with E-state index in [1.165, 1.54) is 51.9 Å². The van der Waals surface area contributed by atoms with E-state index >= 15 is 0 Å². The third-order valence-electron chi connectivity index (χ3n) is 4.19. The number of likely N-dealkylation sites (tertiary alicyclic amines) is 2. The molecule has 15 heavy (non-hydrogen) atoms. The third kappa shape index (κ3) is 3.46. The van der Waals surface area contributed by atoms with Crippen LogP contribution >= 0.6 is 0 Å². The summed E-state index contributed by atoms with van der Waals surface area (Å²) in [7, 11) is 4.51. The molecule has 2 aliphatic rings. The first-order valence-electron chi connectivity index (χ1n) is 6.13. The second-order valence-corrected chi connectivity index (χ2v) is 5.28. The predicted molar refractivity (Wildman–Crippen MR) is 67.2 cm³/mol. The highest BCUT2D eigenvalue weighted by atomic mass is 15.1. The number of rotatable bonds is 1. The van der Waals surface area contributed by atoms with E-state index in [2.05, 4.69) is 23.9 Å². The van der Waals surface area contributed by atoms with E-state index in [1.807, 2.05) is 0 Å². The zero-order chi connectivity index (χ0) is 9.97. The summed E-state index contributed by atoms with van der Waals surface area (Å²) in [4.78, 5) is 4.96. The van der Waals surface area contributed by atoms with Crippen LogP contribution in [0.5, 0.6) is 0 Å². The van der Waals surface area contributed by atoms with Gasteiger partial charge in [0.05, 0.1) is 0 Å². The minimum absolute atomic E-state index is 0. The second-order valence-electron chi connectivity index (χ2n) is 5.28. The average Bonchev–Trinajstić information content (AvgIpc) is 2.21. The quantitative estimate of drug-likeness (QED) is 0.658. The minimum atomic E-state index is 0. The third-order valence-corrected chi connectivity index (χ3v) is 4.19. The molecule has 2 heterocycles. The van der Waals surface area contributed by atoms with Crippen LogP contribution in [0.2, 0.25) is 0 Å². The molecule has 0 saturated carbocycles. The highest BCUT2D eigenvalue weighted by Crippen LogP contribution is 2.31. The zero-order valence-electron chi connectivity index (χ0n) is 9.71. The maximum absolute atomic E-state index is 2.48. The van der Waals surface area contributed by atoms with E-state index in [0.29, 0.717) is 0 Å². The molecular formula is C13H28N2. The van der Waals surface area contributed by atoms with Crippen LogP contribution in [0.1, 0.15) is 33.1 Å². The molecule has 0 aromatic rings. The van der Waals surface area contributed by atoms with Crippen LogP contribution in [-0.4, -0.2) is 50.1 Å². The smallest absolute Gasteiger partial charge is 0.00190 e. The van der Waals surface area contributed by atoms with Gasteiger partial charge in [0.1, 0.15) is 0 Å². The lowest BCUT2D eigenvalue weighted by atomic mass is 9.79. The predicted octanol–water partition coefficient (Wildman–Crippen LogP) is 2.31. The van der Waals surface area contributed by atoms with E-state index in [1.54, 1.807) is 0 Å². The standard InChI is InChI=1S/C12H24N2.CH4/c1-13-7-3-11(4-8-13)12-5-9-14(2)10-6-12;/h11-12H,3-10H2,1-2H3;1H4. The summed E-state index contributed by atoms with van der Waals surface area (Å²) in [5.41, 5.74) is 0. The Hall–Kier alpha value is -0.0800. The molecule has 0 unspecified atom stereocenters. The lowest BCUT2D eigenvalue weighted by molar-refractivity contribution is 0.117. The highest BCUT2D eigenvalue weighted by molar-refractivity contribution is 4.80. The van der Waals surface area contributed by atoms with Crippen LogP contribution < -0.4 is 0 Å². The summed E-state index contributed by atoms with van der Waals surface area (Å²) in [6.45, 7) is 5.32. The number of piperidine rings is 2. The van der Waals surface area contributed by atoms with Gasteiger partial charge in [-0.25, -0.2) is 0 Å². The van der Waals surface area contributed by atoms with E-state index in [-0.39, 0.29) is 7.43 Å². The Kier molecular flexibility index (Phi) is 5.07. The lowest BCUT2D eigenvalue weighted by Gasteiger charge is -2.38. The highest BCUT2D eigenvalue weighted by Gasteiger charge is 2.27. The number of hydrogen-bond acceptors (Lipinski definition) is 2. The van der Waals surface area contributed by atoms with Crippen molar-refractivity contribution in [1.29, 1.82) is 0 Å². The van der Waals surface area contributed by atoms with Gasteiger partial charge >= 0.3 is 0 Å². The molecule has 2 aliphatic heterocycles. The van der Waals surface area contributed by atoms with Crippen LogP contribution in [0.15, 0.2) is 0 Å². The first-order chi connectivity index (χ1) is 6.75. The Morgan fingerprint density at radius 3 is 1.20 bits per heavy atom. The van der Waals surface area contributed by atoms with Crippen molar-refractivity contribution in [3.8, 4) is 0 Å². The molecule has 0 aromatic heterocycles. The Labute approximate surface area is 95.6 Å². The molecule has 2 fully saturated rings. The molecular weight excluding hydrogens is 184 g/mol. The zero-order valence-corrected chi connectivity index (χ0v) is 9.71. The summed E-state index contributed by atoms with van der Waals surface area (Å²) in [6.07, 6.45) is 5.80. The van der Waals surface area contributed by atoms with Crippen molar-refractivity contribution in [3.05, 3.63) is 0 Å². The van der Waals surface area contributed by atoms with Gasteiger partial charge in [-0.1, -0.05) is 7.43 Å². The molecule has 0 radical (unpaired) electrons. The summed E-state index contributed by atoms with van der Waals surface area (Å²) in [5, 5.41) is 0. The van der Waals surface area contributed by atoms with Gasteiger partial charge in [0.15, 0.2) is 0 Å². The summed E-state index contributed by atoms with van der Waals surface area (Å²) < 4.78 is 0. The Balaban J connectivity index is 0.00000112. The van der Waals surface area contributed by atoms with Crippen molar-refractivity contribution in [1.82, 2.24) is 9.80 Å². The van der Waals surface area contributed by atoms with Crippen LogP contribution in [0.4, 0.5) is 0 Å². The monoisotopic (exact) mass is 212 g/mol. The van der Waals surface area contributed by atoms with Crippen LogP contribution in [0, 0.1) is 11.8 Å². The Bertz CT molecular complexity index is 145. The molecule has 2 rings (SSSR count). The SMILES string of the molecule is C.CN1CCC(C2CCN(C)CC2)CC1. The van der Waals surface area contributed by atoms with E-state index in [4.69, 9.17) is 0 Å². The van der Waals surface area contributed by atoms with Gasteiger partial charge in [-0.2, -0.15) is 0 Å². The van der Waals surface area contributed by atoms with Crippen molar-refractivity contribution in [2.24, 2.45) is 11.8 Å². The number of nitrogens with zero attached hydrogens (tertiary/aromatic N) is 2. The molecule has 2 saturated heterocycles. The minimum Gasteiger partial charge on any atom is -0.306 e. The Morgan fingerprint density at radius 2 is 0.933 bits per heavy atom. The average molecular weight is 212 g/mol.